The predicted molar refractivity (Wildman–Crippen MR) is 87.6 cm³/mol. The summed E-state index contributed by atoms with van der Waals surface area (Å²) in [5.41, 5.74) is 2.85. The van der Waals surface area contributed by atoms with Crippen LogP contribution in [0.1, 0.15) is 30.2 Å². The molecular formula is C19H18N2O2. The second-order valence-electron chi connectivity index (χ2n) is 5.89. The largest absolute Gasteiger partial charge is 0.449 e. The quantitative estimate of drug-likeness (QED) is 0.912. The zero-order valence-electron chi connectivity index (χ0n) is 12.7. The fourth-order valence-corrected chi connectivity index (χ4v) is 2.65. The van der Waals surface area contributed by atoms with Crippen LogP contribution < -0.4 is 10.6 Å². The van der Waals surface area contributed by atoms with E-state index in [9.17, 15) is 4.79 Å². The van der Waals surface area contributed by atoms with E-state index < -0.39 is 0 Å². The number of carbonyl (C=O) groups excluding carboxylic acids is 1. The Balaban J connectivity index is 1.62. The molecule has 0 bridgehead atoms. The van der Waals surface area contributed by atoms with Gasteiger partial charge in [-0.3, -0.25) is 10.1 Å². The highest BCUT2D eigenvalue weighted by atomic mass is 16.5. The summed E-state index contributed by atoms with van der Waals surface area (Å²) in [6.45, 7) is 0. The van der Waals surface area contributed by atoms with Gasteiger partial charge in [0.05, 0.1) is 0 Å². The number of carbonyl (C=O) groups is 1. The fourth-order valence-electron chi connectivity index (χ4n) is 2.65. The van der Waals surface area contributed by atoms with Crippen molar-refractivity contribution >= 4 is 11.6 Å². The lowest BCUT2D eigenvalue weighted by molar-refractivity contribution is -0.122. The first-order valence-electron chi connectivity index (χ1n) is 7.90. The number of benzene rings is 2. The van der Waals surface area contributed by atoms with Gasteiger partial charge in [0, 0.05) is 17.0 Å². The molecule has 1 atom stereocenters. The van der Waals surface area contributed by atoms with Gasteiger partial charge in [-0.1, -0.05) is 60.7 Å². The molecule has 1 aliphatic carbocycles. The number of amides is 1. The van der Waals surface area contributed by atoms with Crippen molar-refractivity contribution in [1.29, 1.82) is 0 Å². The fraction of sp³-hybridized carbons (Fsp3) is 0.211. The average molecular weight is 306 g/mol. The summed E-state index contributed by atoms with van der Waals surface area (Å²) in [4.78, 5) is 12.1. The highest BCUT2D eigenvalue weighted by molar-refractivity contribution is 5.84. The maximum atomic E-state index is 12.1. The van der Waals surface area contributed by atoms with Crippen LogP contribution in [0, 0.1) is 5.92 Å². The van der Waals surface area contributed by atoms with Crippen LogP contribution in [0.3, 0.4) is 0 Å². The van der Waals surface area contributed by atoms with Crippen molar-refractivity contribution in [3.8, 4) is 0 Å². The molecule has 4 heteroatoms. The molecule has 0 radical (unpaired) electrons. The van der Waals surface area contributed by atoms with Crippen molar-refractivity contribution in [3.05, 3.63) is 77.7 Å². The molecule has 0 saturated heterocycles. The van der Waals surface area contributed by atoms with Crippen molar-refractivity contribution in [2.75, 3.05) is 0 Å². The minimum absolute atomic E-state index is 0.0453. The van der Waals surface area contributed by atoms with E-state index in [0.29, 0.717) is 5.88 Å². The molecule has 2 aromatic rings. The molecule has 4 rings (SSSR count). The normalized spacial score (nSPS) is 19.9. The smallest absolute Gasteiger partial charge is 0.229 e. The monoisotopic (exact) mass is 306 g/mol. The molecule has 116 valence electrons. The van der Waals surface area contributed by atoms with Crippen LogP contribution in [-0.4, -0.2) is 5.91 Å². The van der Waals surface area contributed by atoms with Crippen LogP contribution in [0.25, 0.3) is 5.70 Å². The maximum absolute atomic E-state index is 12.1. The molecule has 1 amide bonds. The lowest BCUT2D eigenvalue weighted by atomic mass is 10.1. The number of nitrogens with one attached hydrogen (secondary N) is 2. The molecule has 2 N–H and O–H groups in total. The summed E-state index contributed by atoms with van der Waals surface area (Å²) >= 11 is 0. The molecule has 1 heterocycles. The molecule has 1 fully saturated rings. The highest BCUT2D eigenvalue weighted by Gasteiger charge is 2.34. The van der Waals surface area contributed by atoms with Crippen molar-refractivity contribution < 1.29 is 9.53 Å². The number of hydrogen-bond acceptors (Lipinski definition) is 3. The standard InChI is InChI=1S/C19H18N2O2/c22-17(14-11-12-14)21-19-16(13-7-3-1-4-8-13)20-18(23-19)15-9-5-2-6-10-15/h1-10,14,18,20H,11-12H2,(H,21,22). The third kappa shape index (κ3) is 2.93. The van der Waals surface area contributed by atoms with Gasteiger partial charge in [0.25, 0.3) is 0 Å². The van der Waals surface area contributed by atoms with Gasteiger partial charge in [-0.2, -0.15) is 0 Å². The summed E-state index contributed by atoms with van der Waals surface area (Å²) in [5.74, 6) is 0.699. The van der Waals surface area contributed by atoms with Crippen molar-refractivity contribution in [2.24, 2.45) is 5.92 Å². The Morgan fingerprint density at radius 1 is 1.00 bits per heavy atom. The van der Waals surface area contributed by atoms with E-state index in [2.05, 4.69) is 10.6 Å². The van der Waals surface area contributed by atoms with E-state index in [-0.39, 0.29) is 18.1 Å². The molecule has 23 heavy (non-hydrogen) atoms. The molecule has 1 saturated carbocycles. The Bertz CT molecular complexity index is 736. The first kappa shape index (κ1) is 13.9. The first-order valence-corrected chi connectivity index (χ1v) is 7.90. The van der Waals surface area contributed by atoms with Crippen molar-refractivity contribution in [1.82, 2.24) is 10.6 Å². The van der Waals surface area contributed by atoms with Crippen LogP contribution in [0.5, 0.6) is 0 Å². The van der Waals surface area contributed by atoms with Crippen LogP contribution in [0.2, 0.25) is 0 Å². The summed E-state index contributed by atoms with van der Waals surface area (Å²) in [6, 6.07) is 19.9. The Hall–Kier alpha value is -2.75. The van der Waals surface area contributed by atoms with E-state index >= 15 is 0 Å². The third-order valence-electron chi connectivity index (χ3n) is 4.09. The number of rotatable bonds is 4. The second-order valence-corrected chi connectivity index (χ2v) is 5.89. The second kappa shape index (κ2) is 5.80. The van der Waals surface area contributed by atoms with Gasteiger partial charge in [0.2, 0.25) is 11.8 Å². The lowest BCUT2D eigenvalue weighted by Gasteiger charge is -2.13. The topological polar surface area (TPSA) is 50.4 Å². The van der Waals surface area contributed by atoms with Crippen molar-refractivity contribution in [3.63, 3.8) is 0 Å². The predicted octanol–water partition coefficient (Wildman–Crippen LogP) is 3.16. The Labute approximate surface area is 135 Å². The maximum Gasteiger partial charge on any atom is 0.229 e. The SMILES string of the molecule is O=C(NC1=C(c2ccccc2)NC(c2ccccc2)O1)C1CC1. The zero-order chi connectivity index (χ0) is 15.6. The Morgan fingerprint density at radius 3 is 2.30 bits per heavy atom. The minimum atomic E-state index is -0.291. The minimum Gasteiger partial charge on any atom is -0.449 e. The zero-order valence-corrected chi connectivity index (χ0v) is 12.7. The molecular weight excluding hydrogens is 288 g/mol. The average Bonchev–Trinajstić information content (AvgIpc) is 3.38. The molecule has 0 spiro atoms. The van der Waals surface area contributed by atoms with Gasteiger partial charge in [0.15, 0.2) is 6.23 Å². The van der Waals surface area contributed by atoms with E-state index in [1.54, 1.807) is 0 Å². The van der Waals surface area contributed by atoms with E-state index in [0.717, 1.165) is 29.7 Å². The molecule has 2 aromatic carbocycles. The number of hydrogen-bond donors (Lipinski definition) is 2. The summed E-state index contributed by atoms with van der Waals surface area (Å²) in [6.07, 6.45) is 1.64. The molecule has 2 aliphatic rings. The first-order chi connectivity index (χ1) is 11.3. The van der Waals surface area contributed by atoms with Gasteiger partial charge in [-0.05, 0) is 12.8 Å². The van der Waals surface area contributed by atoms with Gasteiger partial charge < -0.3 is 10.1 Å². The van der Waals surface area contributed by atoms with E-state index in [1.807, 2.05) is 60.7 Å². The van der Waals surface area contributed by atoms with Crippen LogP contribution in [-0.2, 0) is 9.53 Å². The summed E-state index contributed by atoms with van der Waals surface area (Å²) < 4.78 is 6.00. The Morgan fingerprint density at radius 2 is 1.65 bits per heavy atom. The molecule has 1 aliphatic heterocycles. The summed E-state index contributed by atoms with van der Waals surface area (Å²) in [5, 5.41) is 6.33. The Kier molecular flexibility index (Phi) is 3.50. The lowest BCUT2D eigenvalue weighted by Crippen LogP contribution is -2.25. The number of ether oxygens (including phenoxy) is 1. The highest BCUT2D eigenvalue weighted by Crippen LogP contribution is 2.33. The summed E-state index contributed by atoms with van der Waals surface area (Å²) in [7, 11) is 0. The molecule has 1 unspecified atom stereocenters. The molecule has 0 aromatic heterocycles. The van der Waals surface area contributed by atoms with Gasteiger partial charge in [-0.15, -0.1) is 0 Å². The molecule has 4 nitrogen and oxygen atoms in total. The van der Waals surface area contributed by atoms with E-state index in [4.69, 9.17) is 4.74 Å². The van der Waals surface area contributed by atoms with Crippen LogP contribution in [0.15, 0.2) is 66.5 Å². The van der Waals surface area contributed by atoms with Gasteiger partial charge in [0.1, 0.15) is 5.70 Å². The van der Waals surface area contributed by atoms with Crippen LogP contribution in [0.4, 0.5) is 0 Å². The van der Waals surface area contributed by atoms with Crippen molar-refractivity contribution in [2.45, 2.75) is 19.1 Å². The van der Waals surface area contributed by atoms with Crippen LogP contribution >= 0.6 is 0 Å². The van der Waals surface area contributed by atoms with Gasteiger partial charge in [-0.25, -0.2) is 0 Å². The van der Waals surface area contributed by atoms with E-state index in [1.165, 1.54) is 0 Å². The third-order valence-corrected chi connectivity index (χ3v) is 4.09. The van der Waals surface area contributed by atoms with Gasteiger partial charge >= 0.3 is 0 Å².